The third-order valence-electron chi connectivity index (χ3n) is 4.21. The first-order valence-corrected chi connectivity index (χ1v) is 7.43. The monoisotopic (exact) mass is 294 g/mol. The normalized spacial score (nSPS) is 11.7. The first-order chi connectivity index (χ1) is 9.65. The van der Waals surface area contributed by atoms with E-state index in [9.17, 15) is 9.59 Å². The van der Waals surface area contributed by atoms with Crippen LogP contribution in [0.5, 0.6) is 0 Å². The number of carbonyl (C=O) groups is 1. The van der Waals surface area contributed by atoms with Crippen molar-refractivity contribution in [1.82, 2.24) is 9.55 Å². The topological polar surface area (TPSA) is 72.2 Å². The van der Waals surface area contributed by atoms with Gasteiger partial charge in [0.25, 0.3) is 0 Å². The quantitative estimate of drug-likeness (QED) is 0.874. The zero-order valence-corrected chi connectivity index (χ0v) is 13.8. The van der Waals surface area contributed by atoms with Crippen LogP contribution in [0.15, 0.2) is 4.79 Å². The largest absolute Gasteiger partial charge is 0.481 e. The van der Waals surface area contributed by atoms with Crippen molar-refractivity contribution in [2.75, 3.05) is 0 Å². The molecule has 0 atom stereocenters. The Kier molecular flexibility index (Phi) is 5.70. The van der Waals surface area contributed by atoms with Crippen molar-refractivity contribution in [3.8, 4) is 0 Å². The molecule has 0 spiro atoms. The van der Waals surface area contributed by atoms with Crippen molar-refractivity contribution in [3.63, 3.8) is 0 Å². The fourth-order valence-corrected chi connectivity index (χ4v) is 2.86. The smallest absolute Gasteiger partial charge is 0.347 e. The lowest BCUT2D eigenvalue weighted by Gasteiger charge is -2.27. The van der Waals surface area contributed by atoms with Crippen molar-refractivity contribution in [1.29, 1.82) is 0 Å². The molecular weight excluding hydrogens is 268 g/mol. The van der Waals surface area contributed by atoms with Crippen molar-refractivity contribution < 1.29 is 9.90 Å². The van der Waals surface area contributed by atoms with Crippen molar-refractivity contribution in [2.45, 2.75) is 54.5 Å². The first kappa shape index (κ1) is 17.4. The third kappa shape index (κ3) is 4.16. The summed E-state index contributed by atoms with van der Waals surface area (Å²) < 4.78 is 1.63. The minimum atomic E-state index is -0.905. The SMILES string of the molecule is Cc1nc(=O)n(CC(C(C)C)C(C)C)c(C)c1CC(=O)O. The Hall–Kier alpha value is -1.65. The molecule has 5 nitrogen and oxygen atoms in total. The minimum absolute atomic E-state index is 0.0982. The summed E-state index contributed by atoms with van der Waals surface area (Å²) in [7, 11) is 0. The van der Waals surface area contributed by atoms with E-state index in [2.05, 4.69) is 32.7 Å². The number of rotatable bonds is 6. The first-order valence-electron chi connectivity index (χ1n) is 7.43. The fraction of sp³-hybridized carbons (Fsp3) is 0.688. The van der Waals surface area contributed by atoms with E-state index in [0.717, 1.165) is 5.69 Å². The molecule has 0 aliphatic carbocycles. The molecule has 0 radical (unpaired) electrons. The summed E-state index contributed by atoms with van der Waals surface area (Å²) in [5, 5.41) is 9.02. The highest BCUT2D eigenvalue weighted by atomic mass is 16.4. The van der Waals surface area contributed by atoms with Gasteiger partial charge in [0.15, 0.2) is 0 Å². The highest BCUT2D eigenvalue weighted by Crippen LogP contribution is 2.23. The van der Waals surface area contributed by atoms with Crippen molar-refractivity contribution in [3.05, 3.63) is 27.4 Å². The molecular formula is C16H26N2O3. The number of nitrogens with zero attached hydrogens (tertiary/aromatic N) is 2. The average Bonchev–Trinajstić information content (AvgIpc) is 2.33. The Morgan fingerprint density at radius 1 is 1.19 bits per heavy atom. The molecule has 0 aromatic carbocycles. The highest BCUT2D eigenvalue weighted by Gasteiger charge is 2.21. The maximum Gasteiger partial charge on any atom is 0.347 e. The number of carboxylic acids is 1. The minimum Gasteiger partial charge on any atom is -0.481 e. The van der Waals surface area contributed by atoms with E-state index >= 15 is 0 Å². The maximum absolute atomic E-state index is 12.2. The second kappa shape index (κ2) is 6.87. The van der Waals surface area contributed by atoms with Gasteiger partial charge >= 0.3 is 11.7 Å². The van der Waals surface area contributed by atoms with Gasteiger partial charge in [-0.1, -0.05) is 27.7 Å². The van der Waals surface area contributed by atoms with E-state index in [1.54, 1.807) is 11.5 Å². The van der Waals surface area contributed by atoms with Gasteiger partial charge in [0.05, 0.1) is 6.42 Å². The molecule has 5 heteroatoms. The van der Waals surface area contributed by atoms with Crippen LogP contribution in [0.25, 0.3) is 0 Å². The van der Waals surface area contributed by atoms with Crippen molar-refractivity contribution >= 4 is 5.97 Å². The zero-order valence-electron chi connectivity index (χ0n) is 13.8. The number of carboxylic acid groups (broad SMARTS) is 1. The van der Waals surface area contributed by atoms with Gasteiger partial charge in [-0.25, -0.2) is 4.79 Å². The van der Waals surface area contributed by atoms with Gasteiger partial charge < -0.3 is 5.11 Å². The Balaban J connectivity index is 3.29. The van der Waals surface area contributed by atoms with Crippen LogP contribution in [0.1, 0.15) is 44.6 Å². The Morgan fingerprint density at radius 2 is 1.71 bits per heavy atom. The van der Waals surface area contributed by atoms with Crippen LogP contribution in [0.4, 0.5) is 0 Å². The van der Waals surface area contributed by atoms with Crippen LogP contribution in [0.3, 0.4) is 0 Å². The molecule has 1 rings (SSSR count). The van der Waals surface area contributed by atoms with Gasteiger partial charge in [-0.05, 0) is 31.6 Å². The molecule has 0 amide bonds. The molecule has 118 valence electrons. The molecule has 1 N–H and O–H groups in total. The number of hydrogen-bond donors (Lipinski definition) is 1. The van der Waals surface area contributed by atoms with Crippen LogP contribution >= 0.6 is 0 Å². The number of aromatic nitrogens is 2. The number of aryl methyl sites for hydroxylation is 1. The van der Waals surface area contributed by atoms with Crippen LogP contribution in [0.2, 0.25) is 0 Å². The van der Waals surface area contributed by atoms with E-state index in [4.69, 9.17) is 5.11 Å². The zero-order chi connectivity index (χ0) is 16.3. The van der Waals surface area contributed by atoms with Crippen LogP contribution in [0, 0.1) is 31.6 Å². The van der Waals surface area contributed by atoms with Gasteiger partial charge in [0, 0.05) is 23.5 Å². The van der Waals surface area contributed by atoms with Crippen LogP contribution < -0.4 is 5.69 Å². The van der Waals surface area contributed by atoms with Crippen LogP contribution in [-0.2, 0) is 17.8 Å². The summed E-state index contributed by atoms with van der Waals surface area (Å²) in [6, 6.07) is 0. The average molecular weight is 294 g/mol. The molecule has 0 fully saturated rings. The predicted octanol–water partition coefficient (Wildman–Crippen LogP) is 2.42. The number of hydrogen-bond acceptors (Lipinski definition) is 3. The Labute approximate surface area is 126 Å². The fourth-order valence-electron chi connectivity index (χ4n) is 2.86. The molecule has 0 aliphatic rings. The van der Waals surface area contributed by atoms with E-state index in [0.29, 0.717) is 35.6 Å². The molecule has 1 aromatic rings. The Bertz CT molecular complexity index is 566. The second-order valence-electron chi connectivity index (χ2n) is 6.38. The van der Waals surface area contributed by atoms with E-state index < -0.39 is 5.97 Å². The van der Waals surface area contributed by atoms with Gasteiger partial charge in [0.1, 0.15) is 0 Å². The summed E-state index contributed by atoms with van der Waals surface area (Å²) in [5.74, 6) is 0.335. The van der Waals surface area contributed by atoms with E-state index in [1.165, 1.54) is 0 Å². The highest BCUT2D eigenvalue weighted by molar-refractivity contribution is 5.70. The van der Waals surface area contributed by atoms with E-state index in [-0.39, 0.29) is 12.1 Å². The lowest BCUT2D eigenvalue weighted by Crippen LogP contribution is -2.33. The third-order valence-corrected chi connectivity index (χ3v) is 4.21. The van der Waals surface area contributed by atoms with Gasteiger partial charge in [-0.15, -0.1) is 0 Å². The molecule has 1 heterocycles. The van der Waals surface area contributed by atoms with Crippen molar-refractivity contribution in [2.24, 2.45) is 17.8 Å². The summed E-state index contributed by atoms with van der Waals surface area (Å²) in [6.45, 7) is 12.7. The van der Waals surface area contributed by atoms with Gasteiger partial charge in [0.2, 0.25) is 0 Å². The van der Waals surface area contributed by atoms with Gasteiger partial charge in [-0.2, -0.15) is 4.98 Å². The second-order valence-corrected chi connectivity index (χ2v) is 6.38. The van der Waals surface area contributed by atoms with E-state index in [1.807, 2.05) is 6.92 Å². The maximum atomic E-state index is 12.2. The molecule has 1 aromatic heterocycles. The lowest BCUT2D eigenvalue weighted by atomic mass is 9.85. The molecule has 0 saturated heterocycles. The Morgan fingerprint density at radius 3 is 2.14 bits per heavy atom. The summed E-state index contributed by atoms with van der Waals surface area (Å²) >= 11 is 0. The molecule has 0 bridgehead atoms. The summed E-state index contributed by atoms with van der Waals surface area (Å²) in [6.07, 6.45) is -0.0982. The predicted molar refractivity (Wildman–Crippen MR) is 82.5 cm³/mol. The summed E-state index contributed by atoms with van der Waals surface area (Å²) in [5.41, 5.74) is 1.60. The number of aliphatic carboxylic acids is 1. The molecule has 21 heavy (non-hydrogen) atoms. The molecule has 0 aliphatic heterocycles. The lowest BCUT2D eigenvalue weighted by molar-refractivity contribution is -0.136. The van der Waals surface area contributed by atoms with Gasteiger partial charge in [-0.3, -0.25) is 9.36 Å². The molecule has 0 saturated carbocycles. The molecule has 0 unspecified atom stereocenters. The summed E-state index contributed by atoms with van der Waals surface area (Å²) in [4.78, 5) is 27.2. The standard InChI is InChI=1S/C16H26N2O3/c1-9(2)14(10(3)4)8-18-12(6)13(7-15(19)20)11(5)17-16(18)21/h9-10,14H,7-8H2,1-6H3,(H,19,20). The van der Waals surface area contributed by atoms with Crippen LogP contribution in [-0.4, -0.2) is 20.6 Å².